The Morgan fingerprint density at radius 3 is 3.29 bits per heavy atom. The fourth-order valence-electron chi connectivity index (χ4n) is 1.79. The van der Waals surface area contributed by atoms with Gasteiger partial charge in [0, 0.05) is 30.9 Å². The van der Waals surface area contributed by atoms with Crippen molar-refractivity contribution < 1.29 is 4.79 Å². The first-order valence-corrected chi connectivity index (χ1v) is 5.67. The number of hydrogen-bond donors (Lipinski definition) is 1. The molecule has 1 heterocycles. The predicted molar refractivity (Wildman–Crippen MR) is 68.0 cm³/mol. The van der Waals surface area contributed by atoms with Gasteiger partial charge >= 0.3 is 0 Å². The zero-order chi connectivity index (χ0) is 12.1. The Bertz CT molecular complexity index is 477. The average molecular weight is 229 g/mol. The topological polar surface area (TPSA) is 54.4 Å². The molecule has 0 aliphatic heterocycles. The van der Waals surface area contributed by atoms with Crippen molar-refractivity contribution >= 4 is 18.2 Å². The van der Waals surface area contributed by atoms with Gasteiger partial charge in [-0.3, -0.25) is 14.8 Å². The summed E-state index contributed by atoms with van der Waals surface area (Å²) in [6, 6.07) is 1.93. The van der Waals surface area contributed by atoms with Crippen molar-refractivity contribution in [1.29, 1.82) is 0 Å². The summed E-state index contributed by atoms with van der Waals surface area (Å²) in [7, 11) is 0. The zero-order valence-electron chi connectivity index (χ0n) is 9.81. The average Bonchev–Trinajstić information content (AvgIpc) is 2.78. The van der Waals surface area contributed by atoms with Crippen molar-refractivity contribution in [3.63, 3.8) is 0 Å². The van der Waals surface area contributed by atoms with Gasteiger partial charge in [0.15, 0.2) is 0 Å². The number of nitrogens with zero attached hydrogens (tertiary/aromatic N) is 2. The molecule has 0 spiro atoms. The number of rotatable bonds is 4. The van der Waals surface area contributed by atoms with Crippen LogP contribution in [0.5, 0.6) is 0 Å². The third-order valence-electron chi connectivity index (χ3n) is 2.65. The summed E-state index contributed by atoms with van der Waals surface area (Å²) >= 11 is 0. The molecule has 1 N–H and O–H groups in total. The van der Waals surface area contributed by atoms with E-state index in [2.05, 4.69) is 15.3 Å². The molecule has 1 amide bonds. The maximum absolute atomic E-state index is 11.8. The summed E-state index contributed by atoms with van der Waals surface area (Å²) in [5.74, 6) is -0.00694. The van der Waals surface area contributed by atoms with E-state index in [1.54, 1.807) is 12.4 Å². The number of aliphatic imine (C=N–C) groups is 1. The minimum atomic E-state index is -0.00694. The van der Waals surface area contributed by atoms with E-state index in [0.29, 0.717) is 19.5 Å². The minimum absolute atomic E-state index is 0.00694. The summed E-state index contributed by atoms with van der Waals surface area (Å²) in [6.07, 6.45) is 7.89. The second-order valence-electron chi connectivity index (χ2n) is 3.84. The summed E-state index contributed by atoms with van der Waals surface area (Å²) in [5, 5.41) is 2.85. The van der Waals surface area contributed by atoms with Crippen molar-refractivity contribution in [2.24, 2.45) is 4.99 Å². The number of nitrogens with one attached hydrogen (secondary N) is 1. The lowest BCUT2D eigenvalue weighted by atomic mass is 10.1. The smallest absolute Gasteiger partial charge is 0.247 e. The van der Waals surface area contributed by atoms with Gasteiger partial charge < -0.3 is 5.32 Å². The third-order valence-corrected chi connectivity index (χ3v) is 2.65. The predicted octanol–water partition coefficient (Wildman–Crippen LogP) is 1.23. The van der Waals surface area contributed by atoms with E-state index in [1.807, 2.05) is 25.3 Å². The first kappa shape index (κ1) is 11.5. The van der Waals surface area contributed by atoms with Crippen LogP contribution in [0.2, 0.25) is 0 Å². The molecular formula is C13H15N3O. The number of pyridine rings is 1. The Hall–Kier alpha value is -1.97. The second kappa shape index (κ2) is 5.39. The molecule has 0 aromatic carbocycles. The molecule has 0 atom stereocenters. The Kier molecular flexibility index (Phi) is 3.65. The van der Waals surface area contributed by atoms with Gasteiger partial charge in [0.2, 0.25) is 5.91 Å². The highest BCUT2D eigenvalue weighted by Gasteiger charge is 2.17. The highest BCUT2D eigenvalue weighted by molar-refractivity contribution is 6.00. The molecule has 0 fully saturated rings. The van der Waals surface area contributed by atoms with Crippen LogP contribution in [0, 0.1) is 0 Å². The number of carbonyl (C=O) groups is 1. The lowest BCUT2D eigenvalue weighted by Gasteiger charge is -2.03. The highest BCUT2D eigenvalue weighted by Crippen LogP contribution is 2.23. The molecule has 1 aliphatic carbocycles. The minimum Gasteiger partial charge on any atom is -0.350 e. The maximum atomic E-state index is 11.8. The summed E-state index contributed by atoms with van der Waals surface area (Å²) in [6.45, 7) is 3.07. The summed E-state index contributed by atoms with van der Waals surface area (Å²) in [4.78, 5) is 19.9. The fraction of sp³-hybridized carbons (Fsp3) is 0.308. The quantitative estimate of drug-likeness (QED) is 0.623. The monoisotopic (exact) mass is 229 g/mol. The van der Waals surface area contributed by atoms with Crippen LogP contribution >= 0.6 is 0 Å². The van der Waals surface area contributed by atoms with E-state index in [1.165, 1.54) is 0 Å². The van der Waals surface area contributed by atoms with Crippen LogP contribution in [0.25, 0.3) is 6.08 Å². The van der Waals surface area contributed by atoms with Gasteiger partial charge in [-0.25, -0.2) is 0 Å². The largest absolute Gasteiger partial charge is 0.350 e. The van der Waals surface area contributed by atoms with Gasteiger partial charge in [-0.1, -0.05) is 0 Å². The molecule has 1 aromatic heterocycles. The van der Waals surface area contributed by atoms with Crippen molar-refractivity contribution in [1.82, 2.24) is 10.3 Å². The van der Waals surface area contributed by atoms with E-state index in [0.717, 1.165) is 16.7 Å². The number of fused-ring (bicyclic) bond motifs is 1. The van der Waals surface area contributed by atoms with Crippen molar-refractivity contribution in [3.8, 4) is 0 Å². The fourth-order valence-corrected chi connectivity index (χ4v) is 1.79. The van der Waals surface area contributed by atoms with E-state index >= 15 is 0 Å². The van der Waals surface area contributed by atoms with Crippen LogP contribution in [0.3, 0.4) is 0 Å². The molecule has 4 heteroatoms. The first-order valence-electron chi connectivity index (χ1n) is 5.67. The van der Waals surface area contributed by atoms with Crippen LogP contribution in [-0.4, -0.2) is 30.2 Å². The Labute approximate surface area is 100 Å². The van der Waals surface area contributed by atoms with E-state index in [9.17, 15) is 4.79 Å². The summed E-state index contributed by atoms with van der Waals surface area (Å²) in [5.41, 5.74) is 3.01. The molecule has 0 unspecified atom stereocenters. The number of amides is 1. The van der Waals surface area contributed by atoms with Crippen LogP contribution in [0.1, 0.15) is 18.1 Å². The molecule has 1 aromatic rings. The van der Waals surface area contributed by atoms with Gasteiger partial charge in [0.1, 0.15) is 0 Å². The summed E-state index contributed by atoms with van der Waals surface area (Å²) < 4.78 is 0. The van der Waals surface area contributed by atoms with Crippen molar-refractivity contribution in [2.45, 2.75) is 13.3 Å². The first-order chi connectivity index (χ1) is 8.31. The molecule has 17 heavy (non-hydrogen) atoms. The number of carbonyl (C=O) groups excluding carboxylic acids is 1. The number of hydrogen-bond acceptors (Lipinski definition) is 3. The van der Waals surface area contributed by atoms with Crippen LogP contribution in [0.15, 0.2) is 29.0 Å². The Morgan fingerprint density at radius 1 is 1.65 bits per heavy atom. The van der Waals surface area contributed by atoms with Crippen LogP contribution in [0.4, 0.5) is 0 Å². The lowest BCUT2D eigenvalue weighted by Crippen LogP contribution is -2.27. The highest BCUT2D eigenvalue weighted by atomic mass is 16.1. The molecular weight excluding hydrogens is 214 g/mol. The van der Waals surface area contributed by atoms with Crippen LogP contribution < -0.4 is 5.32 Å². The third kappa shape index (κ3) is 2.78. The molecule has 0 saturated heterocycles. The van der Waals surface area contributed by atoms with Crippen LogP contribution in [-0.2, 0) is 11.2 Å². The van der Waals surface area contributed by atoms with Crippen molar-refractivity contribution in [3.05, 3.63) is 35.2 Å². The SMILES string of the molecule is CC=NCCNC(=O)C1=Cc2ccncc2C1. The second-order valence-corrected chi connectivity index (χ2v) is 3.84. The normalized spacial score (nSPS) is 13.6. The Morgan fingerprint density at radius 2 is 2.53 bits per heavy atom. The standard InChI is InChI=1S/C13H15N3O/c1-2-14-5-6-16-13(17)11-7-10-3-4-15-9-12(10)8-11/h2-4,7,9H,5-6,8H2,1H3,(H,16,17). The van der Waals surface area contributed by atoms with E-state index < -0.39 is 0 Å². The van der Waals surface area contributed by atoms with Gasteiger partial charge in [-0.05, 0) is 36.4 Å². The number of aromatic nitrogens is 1. The molecule has 0 bridgehead atoms. The molecule has 1 aliphatic rings. The lowest BCUT2D eigenvalue weighted by molar-refractivity contribution is -0.117. The van der Waals surface area contributed by atoms with Gasteiger partial charge in [0.05, 0.1) is 6.54 Å². The molecule has 88 valence electrons. The maximum Gasteiger partial charge on any atom is 0.247 e. The van der Waals surface area contributed by atoms with E-state index in [-0.39, 0.29) is 5.91 Å². The van der Waals surface area contributed by atoms with Gasteiger partial charge in [-0.2, -0.15) is 0 Å². The molecule has 0 radical (unpaired) electrons. The molecule has 4 nitrogen and oxygen atoms in total. The van der Waals surface area contributed by atoms with Gasteiger partial charge in [-0.15, -0.1) is 0 Å². The molecule has 2 rings (SSSR count). The molecule has 0 saturated carbocycles. The van der Waals surface area contributed by atoms with Gasteiger partial charge in [0.25, 0.3) is 0 Å². The Balaban J connectivity index is 1.91. The van der Waals surface area contributed by atoms with E-state index in [4.69, 9.17) is 0 Å². The zero-order valence-corrected chi connectivity index (χ0v) is 9.81. The van der Waals surface area contributed by atoms with Crippen molar-refractivity contribution in [2.75, 3.05) is 13.1 Å².